The number of guanidine groups is 1. The summed E-state index contributed by atoms with van der Waals surface area (Å²) in [4.78, 5) is 18.6. The minimum atomic E-state index is -0.129. The van der Waals surface area contributed by atoms with Crippen LogP contribution in [0.15, 0.2) is 4.99 Å². The zero-order valence-electron chi connectivity index (χ0n) is 18.4. The van der Waals surface area contributed by atoms with E-state index in [1.807, 2.05) is 0 Å². The van der Waals surface area contributed by atoms with Crippen molar-refractivity contribution in [3.05, 3.63) is 0 Å². The van der Waals surface area contributed by atoms with Gasteiger partial charge in [0.05, 0.1) is 0 Å². The third-order valence-corrected chi connectivity index (χ3v) is 6.36. The molecule has 0 aromatic rings. The molecule has 28 heavy (non-hydrogen) atoms. The molecular formula is C22H43N5O. The Morgan fingerprint density at radius 1 is 1.21 bits per heavy atom. The van der Waals surface area contributed by atoms with Crippen LogP contribution in [0.4, 0.5) is 0 Å². The number of primary amides is 1. The largest absolute Gasteiger partial charge is 0.369 e. The minimum absolute atomic E-state index is 0.0893. The van der Waals surface area contributed by atoms with Crippen LogP contribution in [0.3, 0.4) is 0 Å². The van der Waals surface area contributed by atoms with Crippen molar-refractivity contribution in [2.45, 2.75) is 72.1 Å². The Kier molecular flexibility index (Phi) is 9.56. The highest BCUT2D eigenvalue weighted by Crippen LogP contribution is 2.46. The summed E-state index contributed by atoms with van der Waals surface area (Å²) in [5.41, 5.74) is 5.86. The molecule has 2 fully saturated rings. The lowest BCUT2D eigenvalue weighted by Gasteiger charge is -2.42. The number of carbonyl (C=O) groups excluding carboxylic acids is 1. The average molecular weight is 394 g/mol. The van der Waals surface area contributed by atoms with E-state index >= 15 is 0 Å². The van der Waals surface area contributed by atoms with E-state index in [0.29, 0.717) is 5.41 Å². The van der Waals surface area contributed by atoms with Gasteiger partial charge in [0.1, 0.15) is 0 Å². The molecule has 0 aromatic carbocycles. The van der Waals surface area contributed by atoms with Gasteiger partial charge < -0.3 is 21.3 Å². The van der Waals surface area contributed by atoms with E-state index in [9.17, 15) is 4.79 Å². The van der Waals surface area contributed by atoms with Crippen LogP contribution in [0.25, 0.3) is 0 Å². The van der Waals surface area contributed by atoms with E-state index in [0.717, 1.165) is 70.4 Å². The number of amides is 1. The van der Waals surface area contributed by atoms with E-state index in [1.165, 1.54) is 32.1 Å². The monoisotopic (exact) mass is 393 g/mol. The van der Waals surface area contributed by atoms with Crippen LogP contribution in [-0.4, -0.2) is 56.0 Å². The number of rotatable bonds is 11. The minimum Gasteiger partial charge on any atom is -0.369 e. The zero-order valence-corrected chi connectivity index (χ0v) is 18.4. The fourth-order valence-electron chi connectivity index (χ4n) is 4.67. The van der Waals surface area contributed by atoms with E-state index in [1.54, 1.807) is 0 Å². The Bertz CT molecular complexity index is 493. The van der Waals surface area contributed by atoms with E-state index < -0.39 is 0 Å². The average Bonchev–Trinajstić information content (AvgIpc) is 2.63. The predicted molar refractivity (Wildman–Crippen MR) is 117 cm³/mol. The number of unbranched alkanes of at least 4 members (excludes halogenated alkanes) is 1. The Morgan fingerprint density at radius 3 is 2.46 bits per heavy atom. The number of aliphatic imine (C=N–C) groups is 1. The van der Waals surface area contributed by atoms with Gasteiger partial charge >= 0.3 is 0 Å². The van der Waals surface area contributed by atoms with Crippen LogP contribution in [0.2, 0.25) is 0 Å². The molecule has 1 saturated heterocycles. The van der Waals surface area contributed by atoms with Crippen molar-refractivity contribution in [1.29, 1.82) is 0 Å². The van der Waals surface area contributed by atoms with Gasteiger partial charge in [0, 0.05) is 25.6 Å². The van der Waals surface area contributed by atoms with E-state index in [-0.39, 0.29) is 11.8 Å². The first-order valence-electron chi connectivity index (χ1n) is 11.5. The van der Waals surface area contributed by atoms with Crippen LogP contribution < -0.4 is 16.4 Å². The SMILES string of the molecule is CCNC(=NCC1(CC(C)C)CCC1)NCCCCN1CCC(C(N)=O)CC1. The van der Waals surface area contributed by atoms with Crippen LogP contribution in [-0.2, 0) is 4.79 Å². The molecule has 0 spiro atoms. The van der Waals surface area contributed by atoms with Gasteiger partial charge in [-0.3, -0.25) is 9.79 Å². The van der Waals surface area contributed by atoms with Gasteiger partial charge in [-0.15, -0.1) is 0 Å². The summed E-state index contributed by atoms with van der Waals surface area (Å²) in [5, 5.41) is 6.91. The van der Waals surface area contributed by atoms with Gasteiger partial charge in [-0.1, -0.05) is 20.3 Å². The Morgan fingerprint density at radius 2 is 1.93 bits per heavy atom. The van der Waals surface area contributed by atoms with Crippen molar-refractivity contribution in [3.8, 4) is 0 Å². The molecule has 0 bridgehead atoms. The van der Waals surface area contributed by atoms with Crippen molar-refractivity contribution >= 4 is 11.9 Å². The normalized spacial score (nSPS) is 20.8. The summed E-state index contributed by atoms with van der Waals surface area (Å²) in [6.07, 6.45) is 9.47. The third-order valence-electron chi connectivity index (χ3n) is 6.36. The van der Waals surface area contributed by atoms with Crippen LogP contribution >= 0.6 is 0 Å². The molecule has 2 rings (SSSR count). The highest BCUT2D eigenvalue weighted by Gasteiger charge is 2.37. The second-order valence-electron chi connectivity index (χ2n) is 9.30. The number of hydrogen-bond acceptors (Lipinski definition) is 3. The lowest BCUT2D eigenvalue weighted by atomic mass is 9.64. The second kappa shape index (κ2) is 11.6. The molecule has 6 heteroatoms. The first kappa shape index (κ1) is 23.0. The van der Waals surface area contributed by atoms with E-state index in [4.69, 9.17) is 10.7 Å². The third kappa shape index (κ3) is 7.61. The van der Waals surface area contributed by atoms with Gasteiger partial charge in [-0.2, -0.15) is 0 Å². The van der Waals surface area contributed by atoms with Crippen molar-refractivity contribution < 1.29 is 4.79 Å². The molecule has 1 heterocycles. The summed E-state index contributed by atoms with van der Waals surface area (Å²) in [6.45, 7) is 12.7. The Hall–Kier alpha value is -1.30. The smallest absolute Gasteiger partial charge is 0.220 e. The lowest BCUT2D eigenvalue weighted by molar-refractivity contribution is -0.123. The molecular weight excluding hydrogens is 350 g/mol. The highest BCUT2D eigenvalue weighted by atomic mass is 16.1. The molecule has 0 unspecified atom stereocenters. The number of piperidine rings is 1. The molecule has 1 saturated carbocycles. The maximum absolute atomic E-state index is 11.2. The molecule has 1 amide bonds. The number of hydrogen-bond donors (Lipinski definition) is 3. The summed E-state index contributed by atoms with van der Waals surface area (Å²) in [7, 11) is 0. The molecule has 6 nitrogen and oxygen atoms in total. The summed E-state index contributed by atoms with van der Waals surface area (Å²) < 4.78 is 0. The van der Waals surface area contributed by atoms with Crippen LogP contribution in [0, 0.1) is 17.3 Å². The molecule has 1 aliphatic carbocycles. The maximum Gasteiger partial charge on any atom is 0.220 e. The van der Waals surface area contributed by atoms with Crippen molar-refractivity contribution in [2.24, 2.45) is 28.0 Å². The van der Waals surface area contributed by atoms with Gasteiger partial charge in [0.15, 0.2) is 5.96 Å². The Balaban J connectivity index is 1.64. The molecule has 4 N–H and O–H groups in total. The van der Waals surface area contributed by atoms with Crippen LogP contribution in [0.5, 0.6) is 0 Å². The predicted octanol–water partition coefficient (Wildman–Crippen LogP) is 2.74. The van der Waals surface area contributed by atoms with Crippen molar-refractivity contribution in [2.75, 3.05) is 39.3 Å². The first-order valence-corrected chi connectivity index (χ1v) is 11.5. The molecule has 0 radical (unpaired) electrons. The van der Waals surface area contributed by atoms with Crippen LogP contribution in [0.1, 0.15) is 72.1 Å². The standard InChI is InChI=1S/C22H43N5O/c1-4-24-21(26-17-22(10-7-11-22)16-18(2)3)25-12-5-6-13-27-14-8-19(9-15-27)20(23)28/h18-19H,4-17H2,1-3H3,(H2,23,28)(H2,24,25,26). The van der Waals surface area contributed by atoms with Crippen molar-refractivity contribution in [1.82, 2.24) is 15.5 Å². The summed E-state index contributed by atoms with van der Waals surface area (Å²) in [6, 6.07) is 0. The quantitative estimate of drug-likeness (QED) is 0.286. The second-order valence-corrected chi connectivity index (χ2v) is 9.30. The summed E-state index contributed by atoms with van der Waals surface area (Å²) >= 11 is 0. The molecule has 0 atom stereocenters. The zero-order chi connectivity index (χ0) is 20.4. The maximum atomic E-state index is 11.2. The molecule has 2 aliphatic rings. The number of nitrogens with two attached hydrogens (primary N) is 1. The topological polar surface area (TPSA) is 82.8 Å². The van der Waals surface area contributed by atoms with Gasteiger partial charge in [0.25, 0.3) is 0 Å². The van der Waals surface area contributed by atoms with Gasteiger partial charge in [0.2, 0.25) is 5.91 Å². The van der Waals surface area contributed by atoms with Crippen molar-refractivity contribution in [3.63, 3.8) is 0 Å². The van der Waals surface area contributed by atoms with Gasteiger partial charge in [-0.05, 0) is 82.8 Å². The fourth-order valence-corrected chi connectivity index (χ4v) is 4.67. The highest BCUT2D eigenvalue weighted by molar-refractivity contribution is 5.79. The number of carbonyl (C=O) groups is 1. The first-order chi connectivity index (χ1) is 13.4. The molecule has 0 aromatic heterocycles. The van der Waals surface area contributed by atoms with Gasteiger partial charge in [-0.25, -0.2) is 0 Å². The molecule has 162 valence electrons. The number of likely N-dealkylation sites (tertiary alicyclic amines) is 1. The number of nitrogens with zero attached hydrogens (tertiary/aromatic N) is 2. The summed E-state index contributed by atoms with van der Waals surface area (Å²) in [5.74, 6) is 1.68. The Labute approximate surface area is 172 Å². The number of nitrogens with one attached hydrogen (secondary N) is 2. The lowest BCUT2D eigenvalue weighted by Crippen LogP contribution is -2.41. The fraction of sp³-hybridized carbons (Fsp3) is 0.909. The van der Waals surface area contributed by atoms with E-state index in [2.05, 4.69) is 36.3 Å². The molecule has 1 aliphatic heterocycles.